The minimum Gasteiger partial charge on any atom is -0.328 e. The smallest absolute Gasteiger partial charge is 0.111 e. The van der Waals surface area contributed by atoms with Crippen molar-refractivity contribution in [1.29, 1.82) is 0 Å². The number of nitrogens with zero attached hydrogens (tertiary/aromatic N) is 4. The number of aromatic nitrogens is 4. The predicted molar refractivity (Wildman–Crippen MR) is 79.2 cm³/mol. The molecule has 0 fully saturated rings. The SMILES string of the molecule is CCn1c(CC(N)c2ccnn2C)nc2ccccc21. The number of hydrogen-bond acceptors (Lipinski definition) is 3. The number of aryl methyl sites for hydroxylation is 2. The number of benzene rings is 1. The molecule has 1 unspecified atom stereocenters. The topological polar surface area (TPSA) is 61.7 Å². The molecule has 1 aromatic carbocycles. The fourth-order valence-corrected chi connectivity index (χ4v) is 2.68. The molecule has 1 atom stereocenters. The Bertz CT molecular complexity index is 725. The summed E-state index contributed by atoms with van der Waals surface area (Å²) in [7, 11) is 1.91. The molecule has 0 aliphatic carbocycles. The molecule has 0 aliphatic heterocycles. The Hall–Kier alpha value is -2.14. The van der Waals surface area contributed by atoms with Gasteiger partial charge in [0, 0.05) is 26.2 Å². The fraction of sp³-hybridized carbons (Fsp3) is 0.333. The molecule has 104 valence electrons. The van der Waals surface area contributed by atoms with Crippen molar-refractivity contribution in [3.05, 3.63) is 48.0 Å². The lowest BCUT2D eigenvalue weighted by Gasteiger charge is -2.13. The van der Waals surface area contributed by atoms with E-state index in [0.717, 1.165) is 23.6 Å². The van der Waals surface area contributed by atoms with E-state index in [0.29, 0.717) is 6.42 Å². The molecule has 0 saturated carbocycles. The molecular weight excluding hydrogens is 250 g/mol. The van der Waals surface area contributed by atoms with Gasteiger partial charge in [-0.3, -0.25) is 4.68 Å². The highest BCUT2D eigenvalue weighted by molar-refractivity contribution is 5.75. The van der Waals surface area contributed by atoms with Crippen LogP contribution in [0.1, 0.15) is 24.5 Å². The van der Waals surface area contributed by atoms with Gasteiger partial charge in [0.2, 0.25) is 0 Å². The van der Waals surface area contributed by atoms with Gasteiger partial charge in [-0.2, -0.15) is 5.10 Å². The van der Waals surface area contributed by atoms with Crippen LogP contribution in [0.2, 0.25) is 0 Å². The zero-order valence-corrected chi connectivity index (χ0v) is 11.8. The third-order valence-corrected chi connectivity index (χ3v) is 3.69. The molecule has 3 aromatic rings. The first-order valence-electron chi connectivity index (χ1n) is 6.88. The Morgan fingerprint density at radius 2 is 2.05 bits per heavy atom. The standard InChI is InChI=1S/C15H19N5/c1-3-20-14-7-5-4-6-12(14)18-15(20)10-11(16)13-8-9-17-19(13)2/h4-9,11H,3,10,16H2,1-2H3. The predicted octanol–water partition coefficient (Wildman–Crippen LogP) is 2.03. The zero-order chi connectivity index (χ0) is 14.1. The summed E-state index contributed by atoms with van der Waals surface area (Å²) in [6.45, 7) is 3.03. The van der Waals surface area contributed by atoms with E-state index in [1.54, 1.807) is 6.20 Å². The quantitative estimate of drug-likeness (QED) is 0.788. The molecule has 20 heavy (non-hydrogen) atoms. The van der Waals surface area contributed by atoms with E-state index in [1.165, 1.54) is 5.52 Å². The van der Waals surface area contributed by atoms with Crippen molar-refractivity contribution in [2.24, 2.45) is 12.8 Å². The summed E-state index contributed by atoms with van der Waals surface area (Å²) >= 11 is 0. The van der Waals surface area contributed by atoms with Gasteiger partial charge in [0.1, 0.15) is 5.82 Å². The summed E-state index contributed by atoms with van der Waals surface area (Å²) in [5.41, 5.74) is 9.53. The van der Waals surface area contributed by atoms with Crippen LogP contribution in [-0.4, -0.2) is 19.3 Å². The van der Waals surface area contributed by atoms with Crippen molar-refractivity contribution < 1.29 is 0 Å². The van der Waals surface area contributed by atoms with Crippen LogP contribution in [0.25, 0.3) is 11.0 Å². The number of para-hydroxylation sites is 2. The van der Waals surface area contributed by atoms with E-state index in [9.17, 15) is 0 Å². The van der Waals surface area contributed by atoms with Crippen LogP contribution in [-0.2, 0) is 20.0 Å². The molecule has 0 spiro atoms. The lowest BCUT2D eigenvalue weighted by Crippen LogP contribution is -2.19. The van der Waals surface area contributed by atoms with Crippen molar-refractivity contribution >= 4 is 11.0 Å². The summed E-state index contributed by atoms with van der Waals surface area (Å²) in [5, 5.41) is 4.17. The zero-order valence-electron chi connectivity index (χ0n) is 11.8. The largest absolute Gasteiger partial charge is 0.328 e. The van der Waals surface area contributed by atoms with Crippen molar-refractivity contribution in [1.82, 2.24) is 19.3 Å². The van der Waals surface area contributed by atoms with Crippen molar-refractivity contribution in [3.8, 4) is 0 Å². The van der Waals surface area contributed by atoms with E-state index in [4.69, 9.17) is 10.7 Å². The van der Waals surface area contributed by atoms with Crippen molar-refractivity contribution in [3.63, 3.8) is 0 Å². The van der Waals surface area contributed by atoms with Crippen LogP contribution in [0, 0.1) is 0 Å². The van der Waals surface area contributed by atoms with Gasteiger partial charge in [0.25, 0.3) is 0 Å². The highest BCUT2D eigenvalue weighted by atomic mass is 15.3. The fourth-order valence-electron chi connectivity index (χ4n) is 2.68. The van der Waals surface area contributed by atoms with Crippen molar-refractivity contribution in [2.45, 2.75) is 25.9 Å². The van der Waals surface area contributed by atoms with Crippen LogP contribution in [0.5, 0.6) is 0 Å². The summed E-state index contributed by atoms with van der Waals surface area (Å²) in [4.78, 5) is 4.72. The average Bonchev–Trinajstić information content (AvgIpc) is 3.01. The van der Waals surface area contributed by atoms with Gasteiger partial charge in [-0.05, 0) is 25.1 Å². The summed E-state index contributed by atoms with van der Waals surface area (Å²) < 4.78 is 4.05. The third kappa shape index (κ3) is 2.10. The average molecular weight is 269 g/mol. The normalized spacial score (nSPS) is 12.9. The van der Waals surface area contributed by atoms with Crippen LogP contribution >= 0.6 is 0 Å². The van der Waals surface area contributed by atoms with Crippen LogP contribution in [0.4, 0.5) is 0 Å². The Labute approximate surface area is 118 Å². The van der Waals surface area contributed by atoms with E-state index < -0.39 is 0 Å². The van der Waals surface area contributed by atoms with Gasteiger partial charge in [-0.25, -0.2) is 4.98 Å². The first-order chi connectivity index (χ1) is 9.70. The van der Waals surface area contributed by atoms with E-state index >= 15 is 0 Å². The molecule has 0 amide bonds. The first-order valence-corrected chi connectivity index (χ1v) is 6.88. The van der Waals surface area contributed by atoms with Crippen LogP contribution < -0.4 is 5.73 Å². The highest BCUT2D eigenvalue weighted by Crippen LogP contribution is 2.20. The molecule has 0 bridgehead atoms. The molecule has 2 heterocycles. The molecule has 2 aromatic heterocycles. The number of fused-ring (bicyclic) bond motifs is 1. The third-order valence-electron chi connectivity index (χ3n) is 3.69. The maximum absolute atomic E-state index is 6.30. The molecule has 5 nitrogen and oxygen atoms in total. The van der Waals surface area contributed by atoms with Gasteiger partial charge in [-0.15, -0.1) is 0 Å². The molecule has 0 aliphatic rings. The second-order valence-electron chi connectivity index (χ2n) is 4.95. The molecule has 3 rings (SSSR count). The summed E-state index contributed by atoms with van der Waals surface area (Å²) in [6, 6.07) is 10.1. The summed E-state index contributed by atoms with van der Waals surface area (Å²) in [6.07, 6.45) is 2.49. The minimum atomic E-state index is -0.0930. The van der Waals surface area contributed by atoms with Crippen LogP contribution in [0.15, 0.2) is 36.5 Å². The summed E-state index contributed by atoms with van der Waals surface area (Å²) in [5.74, 6) is 1.03. The molecular formula is C15H19N5. The van der Waals surface area contributed by atoms with E-state index in [-0.39, 0.29) is 6.04 Å². The lowest BCUT2D eigenvalue weighted by atomic mass is 10.1. The molecule has 5 heteroatoms. The van der Waals surface area contributed by atoms with Crippen LogP contribution in [0.3, 0.4) is 0 Å². The molecule has 2 N–H and O–H groups in total. The van der Waals surface area contributed by atoms with Gasteiger partial charge in [0.05, 0.1) is 22.8 Å². The minimum absolute atomic E-state index is 0.0930. The Morgan fingerprint density at radius 3 is 2.75 bits per heavy atom. The van der Waals surface area contributed by atoms with Gasteiger partial charge in [-0.1, -0.05) is 12.1 Å². The number of hydrogen-bond donors (Lipinski definition) is 1. The lowest BCUT2D eigenvalue weighted by molar-refractivity contribution is 0.584. The molecule has 0 saturated heterocycles. The first kappa shape index (κ1) is 12.9. The van der Waals surface area contributed by atoms with Gasteiger partial charge in [0.15, 0.2) is 0 Å². The highest BCUT2D eigenvalue weighted by Gasteiger charge is 2.16. The number of rotatable bonds is 4. The second kappa shape index (κ2) is 5.09. The number of nitrogens with two attached hydrogens (primary N) is 1. The molecule has 0 radical (unpaired) electrons. The maximum atomic E-state index is 6.30. The van der Waals surface area contributed by atoms with Gasteiger partial charge < -0.3 is 10.3 Å². The van der Waals surface area contributed by atoms with E-state index in [1.807, 2.05) is 36.0 Å². The van der Waals surface area contributed by atoms with Crippen molar-refractivity contribution in [2.75, 3.05) is 0 Å². The van der Waals surface area contributed by atoms with Gasteiger partial charge >= 0.3 is 0 Å². The Kier molecular flexibility index (Phi) is 3.28. The van der Waals surface area contributed by atoms with E-state index in [2.05, 4.69) is 22.7 Å². The second-order valence-corrected chi connectivity index (χ2v) is 4.95. The number of imidazole rings is 1. The Balaban J connectivity index is 1.96. The Morgan fingerprint density at radius 1 is 1.25 bits per heavy atom. The monoisotopic (exact) mass is 269 g/mol. The maximum Gasteiger partial charge on any atom is 0.111 e.